The molecule has 1 atom stereocenters. The second-order valence-electron chi connectivity index (χ2n) is 7.84. The van der Waals surface area contributed by atoms with E-state index in [0.717, 1.165) is 36.4 Å². The molecule has 0 spiro atoms. The number of nitrogens with one attached hydrogen (secondary N) is 1. The first-order chi connectivity index (χ1) is 14.4. The maximum Gasteiger partial charge on any atom is 0.267 e. The summed E-state index contributed by atoms with van der Waals surface area (Å²) >= 11 is 6.49. The molecular weight excluding hydrogens is 405 g/mol. The number of carbonyl (C=O) groups is 1. The second-order valence-corrected chi connectivity index (χ2v) is 8.22. The minimum absolute atomic E-state index is 0.0136. The number of primary amides is 1. The monoisotopic (exact) mass is 425 g/mol. The number of nitrogens with zero attached hydrogens (tertiary/aromatic N) is 3. The number of aromatic nitrogens is 2. The van der Waals surface area contributed by atoms with Gasteiger partial charge in [0, 0.05) is 49.9 Å². The number of piperazine rings is 1. The number of fused-ring (bicyclic) bond motifs is 3. The zero-order valence-electron chi connectivity index (χ0n) is 16.5. The molecule has 30 heavy (non-hydrogen) atoms. The number of carbonyl (C=O) groups excluding carboxylic acids is 1. The number of hydrogen-bond donors (Lipinski definition) is 2. The van der Waals surface area contributed by atoms with E-state index in [-0.39, 0.29) is 16.3 Å². The van der Waals surface area contributed by atoms with Crippen LogP contribution in [-0.2, 0) is 19.0 Å². The molecule has 154 valence electrons. The standard InChI is InChI=1S/C22H21ClFN5O/c1-28-20(21(25)30)15(11-27-28)18-14-10-22(13-5-3-2-4-6-13)12-26-7-8-29(22)17(14)9-16(24)19(18)23/h2-6,9,11,26H,7-8,10,12H2,1H3,(H2,25,30)/t22-/m1/s1. The third-order valence-electron chi connectivity index (χ3n) is 6.26. The highest BCUT2D eigenvalue weighted by atomic mass is 35.5. The molecule has 1 aromatic heterocycles. The van der Waals surface area contributed by atoms with Crippen molar-refractivity contribution < 1.29 is 9.18 Å². The summed E-state index contributed by atoms with van der Waals surface area (Å²) < 4.78 is 16.4. The average Bonchev–Trinajstić information content (AvgIpc) is 3.28. The molecule has 1 fully saturated rings. The minimum Gasteiger partial charge on any atom is -0.364 e. The molecule has 1 amide bonds. The predicted octanol–water partition coefficient (Wildman–Crippen LogP) is 2.84. The van der Waals surface area contributed by atoms with Crippen molar-refractivity contribution in [2.24, 2.45) is 12.8 Å². The molecule has 2 aromatic carbocycles. The van der Waals surface area contributed by atoms with Crippen LogP contribution in [0.4, 0.5) is 10.1 Å². The Kier molecular flexibility index (Phi) is 4.34. The van der Waals surface area contributed by atoms with Gasteiger partial charge in [0.1, 0.15) is 11.5 Å². The van der Waals surface area contributed by atoms with E-state index in [1.54, 1.807) is 7.05 Å². The van der Waals surface area contributed by atoms with Crippen LogP contribution >= 0.6 is 11.6 Å². The van der Waals surface area contributed by atoms with Gasteiger partial charge >= 0.3 is 0 Å². The van der Waals surface area contributed by atoms with Gasteiger partial charge in [-0.3, -0.25) is 9.48 Å². The summed E-state index contributed by atoms with van der Waals surface area (Å²) in [7, 11) is 1.63. The van der Waals surface area contributed by atoms with Crippen molar-refractivity contribution in [3.63, 3.8) is 0 Å². The molecule has 6 nitrogen and oxygen atoms in total. The number of rotatable bonds is 3. The third-order valence-corrected chi connectivity index (χ3v) is 6.63. The molecule has 0 saturated carbocycles. The number of benzene rings is 2. The van der Waals surface area contributed by atoms with E-state index in [4.69, 9.17) is 17.3 Å². The van der Waals surface area contributed by atoms with Gasteiger partial charge in [-0.25, -0.2) is 4.39 Å². The number of halogens is 2. The van der Waals surface area contributed by atoms with Crippen molar-refractivity contribution in [2.75, 3.05) is 24.5 Å². The molecule has 0 radical (unpaired) electrons. The first-order valence-electron chi connectivity index (χ1n) is 9.81. The average molecular weight is 426 g/mol. The molecule has 2 aliphatic heterocycles. The summed E-state index contributed by atoms with van der Waals surface area (Å²) in [6, 6.07) is 11.7. The first kappa shape index (κ1) is 19.1. The maximum atomic E-state index is 15.0. The molecule has 5 rings (SSSR count). The van der Waals surface area contributed by atoms with Crippen molar-refractivity contribution in [3.05, 3.63) is 70.3 Å². The van der Waals surface area contributed by atoms with Crippen LogP contribution in [0.2, 0.25) is 5.02 Å². The van der Waals surface area contributed by atoms with Gasteiger partial charge in [-0.05, 0) is 17.2 Å². The zero-order chi connectivity index (χ0) is 21.0. The summed E-state index contributed by atoms with van der Waals surface area (Å²) in [5.74, 6) is -1.15. The highest BCUT2D eigenvalue weighted by molar-refractivity contribution is 6.34. The normalized spacial score (nSPS) is 20.2. The molecule has 0 aliphatic carbocycles. The van der Waals surface area contributed by atoms with E-state index in [1.165, 1.54) is 16.9 Å². The van der Waals surface area contributed by atoms with Gasteiger partial charge in [0.05, 0.1) is 16.8 Å². The van der Waals surface area contributed by atoms with Crippen LogP contribution in [-0.4, -0.2) is 35.3 Å². The minimum atomic E-state index is -0.630. The lowest BCUT2D eigenvalue weighted by molar-refractivity contribution is 0.0992. The Balaban J connectivity index is 1.78. The van der Waals surface area contributed by atoms with E-state index in [9.17, 15) is 4.79 Å². The Bertz CT molecular complexity index is 1160. The Morgan fingerprint density at radius 2 is 2.10 bits per heavy atom. The Morgan fingerprint density at radius 3 is 2.83 bits per heavy atom. The highest BCUT2D eigenvalue weighted by Gasteiger charge is 2.48. The van der Waals surface area contributed by atoms with E-state index < -0.39 is 11.7 Å². The van der Waals surface area contributed by atoms with Crippen LogP contribution < -0.4 is 16.0 Å². The number of amides is 1. The van der Waals surface area contributed by atoms with E-state index >= 15 is 4.39 Å². The number of anilines is 1. The third kappa shape index (κ3) is 2.58. The Hall–Kier alpha value is -2.90. The van der Waals surface area contributed by atoms with Crippen molar-refractivity contribution in [1.82, 2.24) is 15.1 Å². The van der Waals surface area contributed by atoms with Gasteiger partial charge < -0.3 is 16.0 Å². The lowest BCUT2D eigenvalue weighted by Crippen LogP contribution is -2.57. The zero-order valence-corrected chi connectivity index (χ0v) is 17.2. The molecule has 1 saturated heterocycles. The van der Waals surface area contributed by atoms with Gasteiger partial charge in [-0.15, -0.1) is 0 Å². The maximum absolute atomic E-state index is 15.0. The summed E-state index contributed by atoms with van der Waals surface area (Å²) in [4.78, 5) is 14.4. The van der Waals surface area contributed by atoms with Crippen molar-refractivity contribution in [3.8, 4) is 11.1 Å². The number of hydrogen-bond acceptors (Lipinski definition) is 4. The van der Waals surface area contributed by atoms with Crippen LogP contribution in [0.15, 0.2) is 42.6 Å². The SMILES string of the molecule is Cn1ncc(-c2c(Cl)c(F)cc3c2C[C@]2(c4ccccc4)CNCCN32)c1C(N)=O. The van der Waals surface area contributed by atoms with Gasteiger partial charge in [0.25, 0.3) is 5.91 Å². The molecule has 3 aromatic rings. The first-order valence-corrected chi connectivity index (χ1v) is 10.2. The number of aryl methyl sites for hydroxylation is 1. The summed E-state index contributed by atoms with van der Waals surface area (Å²) in [6.45, 7) is 2.26. The Labute approximate surface area is 178 Å². The van der Waals surface area contributed by atoms with Crippen LogP contribution in [0.25, 0.3) is 11.1 Å². The molecular formula is C22H21ClFN5O. The summed E-state index contributed by atoms with van der Waals surface area (Å²) in [5.41, 5.74) is 9.28. The fourth-order valence-corrected chi connectivity index (χ4v) is 5.24. The summed E-state index contributed by atoms with van der Waals surface area (Å²) in [6.07, 6.45) is 2.16. The summed E-state index contributed by atoms with van der Waals surface area (Å²) in [5, 5.41) is 7.67. The molecule has 0 unspecified atom stereocenters. The smallest absolute Gasteiger partial charge is 0.267 e. The molecule has 3 heterocycles. The lowest BCUT2D eigenvalue weighted by atomic mass is 9.83. The van der Waals surface area contributed by atoms with E-state index in [0.29, 0.717) is 17.5 Å². The van der Waals surface area contributed by atoms with Crippen molar-refractivity contribution in [2.45, 2.75) is 12.0 Å². The fraction of sp³-hybridized carbons (Fsp3) is 0.273. The highest BCUT2D eigenvalue weighted by Crippen LogP contribution is 2.51. The topological polar surface area (TPSA) is 76.2 Å². The van der Waals surface area contributed by atoms with E-state index in [1.807, 2.05) is 18.2 Å². The van der Waals surface area contributed by atoms with Crippen LogP contribution in [0, 0.1) is 5.82 Å². The quantitative estimate of drug-likeness (QED) is 0.676. The molecule has 8 heteroatoms. The number of nitrogens with two attached hydrogens (primary N) is 1. The van der Waals surface area contributed by atoms with Gasteiger partial charge in [-0.2, -0.15) is 5.10 Å². The van der Waals surface area contributed by atoms with Gasteiger partial charge in [-0.1, -0.05) is 41.9 Å². The van der Waals surface area contributed by atoms with Gasteiger partial charge in [0.15, 0.2) is 0 Å². The van der Waals surface area contributed by atoms with E-state index in [2.05, 4.69) is 27.4 Å². The van der Waals surface area contributed by atoms with Crippen LogP contribution in [0.5, 0.6) is 0 Å². The van der Waals surface area contributed by atoms with Crippen LogP contribution in [0.1, 0.15) is 21.6 Å². The second kappa shape index (κ2) is 6.82. The molecule has 0 bridgehead atoms. The predicted molar refractivity (Wildman–Crippen MR) is 114 cm³/mol. The fourth-order valence-electron chi connectivity index (χ4n) is 4.97. The van der Waals surface area contributed by atoms with Gasteiger partial charge in [0.2, 0.25) is 0 Å². The Morgan fingerprint density at radius 1 is 1.33 bits per heavy atom. The van der Waals surface area contributed by atoms with Crippen molar-refractivity contribution >= 4 is 23.2 Å². The molecule has 3 N–H and O–H groups in total. The van der Waals surface area contributed by atoms with Crippen molar-refractivity contribution in [1.29, 1.82) is 0 Å². The van der Waals surface area contributed by atoms with Crippen LogP contribution in [0.3, 0.4) is 0 Å². The largest absolute Gasteiger partial charge is 0.364 e. The molecule has 2 aliphatic rings. The lowest BCUT2D eigenvalue weighted by Gasteiger charge is -2.45.